The lowest BCUT2D eigenvalue weighted by molar-refractivity contribution is -0.137. The van der Waals surface area contributed by atoms with Crippen molar-refractivity contribution in [3.05, 3.63) is 24.0 Å². The van der Waals surface area contributed by atoms with E-state index in [0.29, 0.717) is 12.5 Å². The minimum atomic E-state index is -0.682. The number of aliphatic carboxylic acids is 1. The Morgan fingerprint density at radius 3 is 2.67 bits per heavy atom. The van der Waals surface area contributed by atoms with Gasteiger partial charge in [0, 0.05) is 6.42 Å². The molecule has 1 atom stereocenters. The van der Waals surface area contributed by atoms with E-state index in [2.05, 4.69) is 25.2 Å². The largest absolute Gasteiger partial charge is 0.483 e. The molecule has 1 saturated heterocycles. The number of carboxylic acid groups (broad SMARTS) is 1. The third kappa shape index (κ3) is 10.2. The number of hydrogen-bond donors (Lipinski definition) is 1. The van der Waals surface area contributed by atoms with Crippen molar-refractivity contribution in [1.29, 1.82) is 0 Å². The summed E-state index contributed by atoms with van der Waals surface area (Å²) in [5.41, 5.74) is 0. The summed E-state index contributed by atoms with van der Waals surface area (Å²) < 4.78 is 5.54. The number of hydrogen-bond acceptors (Lipinski definition) is 2. The summed E-state index contributed by atoms with van der Waals surface area (Å²) in [6.45, 7) is 2.22. The molecule has 0 saturated carbocycles. The molecule has 0 amide bonds. The van der Waals surface area contributed by atoms with Crippen molar-refractivity contribution in [2.45, 2.75) is 83.7 Å². The van der Waals surface area contributed by atoms with Gasteiger partial charge in [-0.15, -0.1) is 0 Å². The number of ether oxygens (including phenoxy) is 1. The van der Waals surface area contributed by atoms with E-state index in [1.807, 2.05) is 0 Å². The first-order valence-corrected chi connectivity index (χ1v) is 8.49. The van der Waals surface area contributed by atoms with Crippen LogP contribution in [0.2, 0.25) is 0 Å². The van der Waals surface area contributed by atoms with E-state index >= 15 is 0 Å². The molecule has 1 fully saturated rings. The molecule has 120 valence electrons. The number of carbonyl (C=O) groups is 1. The molecule has 21 heavy (non-hydrogen) atoms. The van der Waals surface area contributed by atoms with Crippen LogP contribution in [0.25, 0.3) is 0 Å². The number of rotatable bonds is 13. The maximum atomic E-state index is 10.4. The van der Waals surface area contributed by atoms with Crippen molar-refractivity contribution >= 4 is 5.97 Å². The molecule has 1 aliphatic rings. The maximum absolute atomic E-state index is 10.4. The first-order valence-electron chi connectivity index (χ1n) is 8.49. The fraction of sp³-hybridized carbons (Fsp3) is 0.722. The second kappa shape index (κ2) is 11.4. The highest BCUT2D eigenvalue weighted by atomic mass is 16.6. The predicted octanol–water partition coefficient (Wildman–Crippen LogP) is 5.22. The summed E-state index contributed by atoms with van der Waals surface area (Å²) >= 11 is 0. The second-order valence-electron chi connectivity index (χ2n) is 5.80. The Morgan fingerprint density at radius 1 is 1.14 bits per heavy atom. The average molecular weight is 294 g/mol. The molecule has 1 aliphatic heterocycles. The van der Waals surface area contributed by atoms with Crippen LogP contribution >= 0.6 is 0 Å². The van der Waals surface area contributed by atoms with Crippen LogP contribution in [0.3, 0.4) is 0 Å². The molecule has 0 bridgehead atoms. The fourth-order valence-electron chi connectivity index (χ4n) is 2.39. The lowest BCUT2D eigenvalue weighted by Gasteiger charge is -1.98. The first-order chi connectivity index (χ1) is 10.2. The van der Waals surface area contributed by atoms with Gasteiger partial charge in [0.15, 0.2) is 6.10 Å². The smallest absolute Gasteiger partial charge is 0.303 e. The summed E-state index contributed by atoms with van der Waals surface area (Å²) in [7, 11) is 0. The molecule has 0 radical (unpaired) electrons. The van der Waals surface area contributed by atoms with Gasteiger partial charge in [-0.25, -0.2) is 0 Å². The fourth-order valence-corrected chi connectivity index (χ4v) is 2.39. The zero-order valence-corrected chi connectivity index (χ0v) is 13.4. The van der Waals surface area contributed by atoms with Gasteiger partial charge in [0.1, 0.15) is 5.76 Å². The normalized spacial score (nSPS) is 19.1. The van der Waals surface area contributed by atoms with Crippen LogP contribution in [0.15, 0.2) is 24.0 Å². The van der Waals surface area contributed by atoms with Crippen molar-refractivity contribution in [3.8, 4) is 0 Å². The zero-order chi connectivity index (χ0) is 15.3. The van der Waals surface area contributed by atoms with E-state index in [0.717, 1.165) is 31.4 Å². The predicted molar refractivity (Wildman–Crippen MR) is 86.2 cm³/mol. The summed E-state index contributed by atoms with van der Waals surface area (Å²) in [6.07, 6.45) is 18.6. The number of epoxide rings is 1. The van der Waals surface area contributed by atoms with Crippen LogP contribution in [-0.4, -0.2) is 17.2 Å². The molecule has 0 aromatic heterocycles. The quantitative estimate of drug-likeness (QED) is 0.374. The Labute approximate surface area is 129 Å². The minimum Gasteiger partial charge on any atom is -0.483 e. The van der Waals surface area contributed by atoms with Gasteiger partial charge in [-0.2, -0.15) is 0 Å². The van der Waals surface area contributed by atoms with Gasteiger partial charge < -0.3 is 9.84 Å². The highest BCUT2D eigenvalue weighted by Gasteiger charge is 2.30. The molecule has 0 aliphatic carbocycles. The van der Waals surface area contributed by atoms with Crippen LogP contribution in [0.5, 0.6) is 0 Å². The Kier molecular flexibility index (Phi) is 9.68. The molecular weight excluding hydrogens is 264 g/mol. The summed E-state index contributed by atoms with van der Waals surface area (Å²) in [6, 6.07) is 0. The van der Waals surface area contributed by atoms with Gasteiger partial charge in [0.25, 0.3) is 0 Å². The molecule has 1 heterocycles. The number of carboxylic acids is 1. The van der Waals surface area contributed by atoms with Crippen molar-refractivity contribution in [2.24, 2.45) is 0 Å². The lowest BCUT2D eigenvalue weighted by atomic mass is 10.1. The van der Waals surface area contributed by atoms with Gasteiger partial charge >= 0.3 is 5.97 Å². The molecule has 3 nitrogen and oxygen atoms in total. The molecule has 0 aromatic carbocycles. The van der Waals surface area contributed by atoms with Crippen LogP contribution in [0, 0.1) is 0 Å². The Hall–Kier alpha value is -1.25. The number of allylic oxidation sites excluding steroid dienone is 3. The molecular formula is C18H30O3. The van der Waals surface area contributed by atoms with E-state index in [1.54, 1.807) is 0 Å². The minimum absolute atomic E-state index is 0.309. The van der Waals surface area contributed by atoms with Gasteiger partial charge in [0.2, 0.25) is 0 Å². The summed E-state index contributed by atoms with van der Waals surface area (Å²) in [5, 5.41) is 8.53. The topological polar surface area (TPSA) is 49.8 Å². The lowest BCUT2D eigenvalue weighted by Crippen LogP contribution is -1.93. The second-order valence-corrected chi connectivity index (χ2v) is 5.80. The van der Waals surface area contributed by atoms with Crippen LogP contribution in [0.4, 0.5) is 0 Å². The van der Waals surface area contributed by atoms with Crippen molar-refractivity contribution < 1.29 is 14.6 Å². The van der Waals surface area contributed by atoms with Crippen molar-refractivity contribution in [1.82, 2.24) is 0 Å². The van der Waals surface area contributed by atoms with Crippen LogP contribution < -0.4 is 0 Å². The zero-order valence-electron chi connectivity index (χ0n) is 13.4. The van der Waals surface area contributed by atoms with Crippen molar-refractivity contribution in [3.63, 3.8) is 0 Å². The summed E-state index contributed by atoms with van der Waals surface area (Å²) in [4.78, 5) is 10.4. The van der Waals surface area contributed by atoms with Gasteiger partial charge in [-0.1, -0.05) is 51.2 Å². The monoisotopic (exact) mass is 294 g/mol. The van der Waals surface area contributed by atoms with E-state index in [1.165, 1.54) is 38.5 Å². The Morgan fingerprint density at radius 2 is 1.90 bits per heavy atom. The molecule has 0 unspecified atom stereocenters. The van der Waals surface area contributed by atoms with Gasteiger partial charge in [-0.05, 0) is 38.2 Å². The highest BCUT2D eigenvalue weighted by molar-refractivity contribution is 5.66. The highest BCUT2D eigenvalue weighted by Crippen LogP contribution is 2.31. The van der Waals surface area contributed by atoms with Crippen molar-refractivity contribution in [2.75, 3.05) is 0 Å². The van der Waals surface area contributed by atoms with E-state index < -0.39 is 5.97 Å². The molecule has 1 rings (SSSR count). The average Bonchev–Trinajstić information content (AvgIpc) is 3.20. The standard InChI is InChI=1S/C18H30O3/c1-2-3-4-5-7-10-13-16-17(21-16)14-11-8-6-9-12-15-18(19)20/h7,10,13,17H,2-6,8-9,11-12,14-15H2,1H3,(H,19,20)/b10-7-,16-13-/t17-/m0/s1. The van der Waals surface area contributed by atoms with Gasteiger partial charge in [0.05, 0.1) is 0 Å². The summed E-state index contributed by atoms with van der Waals surface area (Å²) in [5.74, 6) is 0.450. The van der Waals surface area contributed by atoms with E-state index in [-0.39, 0.29) is 0 Å². The van der Waals surface area contributed by atoms with Crippen LogP contribution in [0.1, 0.15) is 77.6 Å². The van der Waals surface area contributed by atoms with Crippen LogP contribution in [-0.2, 0) is 9.53 Å². The van der Waals surface area contributed by atoms with Gasteiger partial charge in [-0.3, -0.25) is 4.79 Å². The maximum Gasteiger partial charge on any atom is 0.303 e. The van der Waals surface area contributed by atoms with E-state index in [9.17, 15) is 4.79 Å². The third-order valence-electron chi connectivity index (χ3n) is 3.77. The molecule has 0 aromatic rings. The SMILES string of the molecule is CCCCC/C=C\C=C1/O[C@H]1CCCCCCCC(=O)O. The third-order valence-corrected chi connectivity index (χ3v) is 3.77. The van der Waals surface area contributed by atoms with E-state index in [4.69, 9.17) is 9.84 Å². The molecule has 3 heteroatoms. The molecule has 1 N–H and O–H groups in total. The molecule has 0 spiro atoms. The Bertz CT molecular complexity index is 344. The number of unbranched alkanes of at least 4 members (excludes halogenated alkanes) is 7. The first kappa shape index (κ1) is 17.8. The Balaban J connectivity index is 1.90.